The summed E-state index contributed by atoms with van der Waals surface area (Å²) in [5.41, 5.74) is 4.78. The Balaban J connectivity index is 1.84. The van der Waals surface area contributed by atoms with E-state index in [1.807, 2.05) is 69.3 Å². The molecule has 0 spiro atoms. The van der Waals surface area contributed by atoms with Gasteiger partial charge in [0.05, 0.1) is 17.7 Å². The maximum atomic E-state index is 5.76. The number of para-hydroxylation sites is 1. The highest BCUT2D eigenvalue weighted by molar-refractivity contribution is 5.87. The second-order valence-electron chi connectivity index (χ2n) is 6.21. The van der Waals surface area contributed by atoms with Gasteiger partial charge in [0.2, 0.25) is 11.7 Å². The molecule has 0 aliphatic rings. The lowest BCUT2D eigenvalue weighted by Crippen LogP contribution is -1.99. The molecule has 2 heterocycles. The number of aromatic nitrogens is 3. The minimum absolute atomic E-state index is 0.473. The Labute approximate surface area is 151 Å². The van der Waals surface area contributed by atoms with Crippen molar-refractivity contribution in [2.24, 2.45) is 0 Å². The molecule has 0 radical (unpaired) electrons. The van der Waals surface area contributed by atoms with Gasteiger partial charge in [0.1, 0.15) is 0 Å². The molecule has 0 saturated carbocycles. The summed E-state index contributed by atoms with van der Waals surface area (Å²) in [5, 5.41) is 5.18. The Hall–Kier alpha value is -3.21. The Morgan fingerprint density at radius 1 is 1.00 bits per heavy atom. The number of aryl methyl sites for hydroxylation is 2. The predicted molar refractivity (Wildman–Crippen MR) is 101 cm³/mol. The molecule has 0 unspecified atom stereocenters. The molecule has 4 aromatic rings. The predicted octanol–water partition coefficient (Wildman–Crippen LogP) is 4.97. The summed E-state index contributed by atoms with van der Waals surface area (Å²) in [6.45, 7) is 6.51. The van der Waals surface area contributed by atoms with Gasteiger partial charge < -0.3 is 9.26 Å². The first-order valence-electron chi connectivity index (χ1n) is 8.60. The summed E-state index contributed by atoms with van der Waals surface area (Å²) >= 11 is 0. The fourth-order valence-electron chi connectivity index (χ4n) is 2.97. The first-order valence-corrected chi connectivity index (χ1v) is 8.60. The van der Waals surface area contributed by atoms with Crippen LogP contribution in [0.15, 0.2) is 53.1 Å². The van der Waals surface area contributed by atoms with Crippen LogP contribution in [0.4, 0.5) is 0 Å². The van der Waals surface area contributed by atoms with Crippen LogP contribution in [0.3, 0.4) is 0 Å². The van der Waals surface area contributed by atoms with E-state index in [-0.39, 0.29) is 0 Å². The summed E-state index contributed by atoms with van der Waals surface area (Å²) < 4.78 is 11.2. The molecule has 0 amide bonds. The molecule has 0 aliphatic carbocycles. The Morgan fingerprint density at radius 3 is 2.65 bits per heavy atom. The van der Waals surface area contributed by atoms with Gasteiger partial charge >= 0.3 is 0 Å². The summed E-state index contributed by atoms with van der Waals surface area (Å²) in [6.07, 6.45) is 0. The molecule has 26 heavy (non-hydrogen) atoms. The van der Waals surface area contributed by atoms with Crippen molar-refractivity contribution in [2.45, 2.75) is 20.8 Å². The van der Waals surface area contributed by atoms with E-state index in [1.54, 1.807) is 0 Å². The number of ether oxygens (including phenoxy) is 1. The standard InChI is InChI=1S/C21H19N3O2/c1-4-25-21-17(12-15-9-6-8-14(3)18(15)22-21)19-23-20(26-24-19)16-10-5-7-13(2)11-16/h5-12H,4H2,1-3H3. The number of nitrogens with zero attached hydrogens (tertiary/aromatic N) is 3. The highest BCUT2D eigenvalue weighted by Gasteiger charge is 2.17. The summed E-state index contributed by atoms with van der Waals surface area (Å²) in [4.78, 5) is 9.26. The molecule has 5 nitrogen and oxygen atoms in total. The van der Waals surface area contributed by atoms with E-state index in [1.165, 1.54) is 0 Å². The first-order chi connectivity index (χ1) is 12.7. The molecule has 2 aromatic heterocycles. The fraction of sp³-hybridized carbons (Fsp3) is 0.190. The lowest BCUT2D eigenvalue weighted by atomic mass is 10.1. The Morgan fingerprint density at radius 2 is 1.85 bits per heavy atom. The zero-order valence-electron chi connectivity index (χ0n) is 15.0. The second-order valence-corrected chi connectivity index (χ2v) is 6.21. The second kappa shape index (κ2) is 6.59. The Kier molecular flexibility index (Phi) is 4.13. The monoisotopic (exact) mass is 345 g/mol. The Bertz CT molecular complexity index is 1090. The van der Waals surface area contributed by atoms with Crippen LogP contribution in [-0.2, 0) is 0 Å². The van der Waals surface area contributed by atoms with Crippen LogP contribution in [0, 0.1) is 13.8 Å². The van der Waals surface area contributed by atoms with Gasteiger partial charge in [-0.25, -0.2) is 4.98 Å². The van der Waals surface area contributed by atoms with E-state index in [9.17, 15) is 0 Å². The number of rotatable bonds is 4. The van der Waals surface area contributed by atoms with Gasteiger partial charge in [0, 0.05) is 10.9 Å². The average Bonchev–Trinajstić information content (AvgIpc) is 3.12. The van der Waals surface area contributed by atoms with Crippen molar-refractivity contribution in [3.05, 3.63) is 59.7 Å². The minimum atomic E-state index is 0.473. The molecular formula is C21H19N3O2. The zero-order valence-corrected chi connectivity index (χ0v) is 15.0. The van der Waals surface area contributed by atoms with Crippen molar-refractivity contribution < 1.29 is 9.26 Å². The third-order valence-corrected chi connectivity index (χ3v) is 4.23. The molecule has 0 atom stereocenters. The maximum Gasteiger partial charge on any atom is 0.258 e. The van der Waals surface area contributed by atoms with Crippen LogP contribution >= 0.6 is 0 Å². The van der Waals surface area contributed by atoms with Crippen LogP contribution in [0.25, 0.3) is 33.7 Å². The van der Waals surface area contributed by atoms with Crippen molar-refractivity contribution in [1.29, 1.82) is 0 Å². The largest absolute Gasteiger partial charge is 0.477 e. The third-order valence-electron chi connectivity index (χ3n) is 4.23. The van der Waals surface area contributed by atoms with Gasteiger partial charge in [-0.1, -0.05) is 41.1 Å². The summed E-state index contributed by atoms with van der Waals surface area (Å²) in [5.74, 6) is 1.47. The molecule has 0 N–H and O–H groups in total. The lowest BCUT2D eigenvalue weighted by Gasteiger charge is -2.09. The SMILES string of the molecule is CCOc1nc2c(C)cccc2cc1-c1noc(-c2cccc(C)c2)n1. The van der Waals surface area contributed by atoms with Crippen molar-refractivity contribution in [2.75, 3.05) is 6.61 Å². The van der Waals surface area contributed by atoms with Crippen LogP contribution in [0.5, 0.6) is 5.88 Å². The van der Waals surface area contributed by atoms with E-state index < -0.39 is 0 Å². The molecule has 2 aromatic carbocycles. The molecule has 130 valence electrons. The van der Waals surface area contributed by atoms with E-state index in [4.69, 9.17) is 14.2 Å². The van der Waals surface area contributed by atoms with Crippen LogP contribution in [0.1, 0.15) is 18.1 Å². The number of fused-ring (bicyclic) bond motifs is 1. The zero-order chi connectivity index (χ0) is 18.1. The highest BCUT2D eigenvalue weighted by Crippen LogP contribution is 2.32. The normalized spacial score (nSPS) is 11.0. The molecule has 0 bridgehead atoms. The van der Waals surface area contributed by atoms with E-state index in [2.05, 4.69) is 10.1 Å². The van der Waals surface area contributed by atoms with Gasteiger partial charge in [-0.05, 0) is 44.5 Å². The van der Waals surface area contributed by atoms with Crippen molar-refractivity contribution in [3.63, 3.8) is 0 Å². The van der Waals surface area contributed by atoms with Gasteiger partial charge in [0.25, 0.3) is 5.89 Å². The van der Waals surface area contributed by atoms with Crippen molar-refractivity contribution >= 4 is 10.9 Å². The third kappa shape index (κ3) is 2.92. The van der Waals surface area contributed by atoms with Gasteiger partial charge in [-0.3, -0.25) is 0 Å². The molecule has 4 rings (SSSR count). The quantitative estimate of drug-likeness (QED) is 0.523. The first kappa shape index (κ1) is 16.3. The summed E-state index contributed by atoms with van der Waals surface area (Å²) in [7, 11) is 0. The van der Waals surface area contributed by atoms with Crippen LogP contribution in [-0.4, -0.2) is 21.7 Å². The fourth-order valence-corrected chi connectivity index (χ4v) is 2.97. The summed E-state index contributed by atoms with van der Waals surface area (Å²) in [6, 6.07) is 16.1. The van der Waals surface area contributed by atoms with Gasteiger partial charge in [0.15, 0.2) is 0 Å². The lowest BCUT2D eigenvalue weighted by molar-refractivity contribution is 0.329. The minimum Gasteiger partial charge on any atom is -0.477 e. The average molecular weight is 345 g/mol. The number of pyridine rings is 1. The molecule has 0 fully saturated rings. The van der Waals surface area contributed by atoms with Crippen LogP contribution in [0.2, 0.25) is 0 Å². The van der Waals surface area contributed by atoms with Gasteiger partial charge in [-0.15, -0.1) is 0 Å². The topological polar surface area (TPSA) is 61.0 Å². The molecular weight excluding hydrogens is 326 g/mol. The van der Waals surface area contributed by atoms with E-state index >= 15 is 0 Å². The number of benzene rings is 2. The van der Waals surface area contributed by atoms with Gasteiger partial charge in [-0.2, -0.15) is 4.98 Å². The molecule has 5 heteroatoms. The van der Waals surface area contributed by atoms with Crippen LogP contribution < -0.4 is 4.74 Å². The smallest absolute Gasteiger partial charge is 0.258 e. The number of hydrogen-bond acceptors (Lipinski definition) is 5. The van der Waals surface area contributed by atoms with E-state index in [0.29, 0.717) is 24.2 Å². The number of hydrogen-bond donors (Lipinski definition) is 0. The molecule has 0 saturated heterocycles. The van der Waals surface area contributed by atoms with E-state index in [0.717, 1.165) is 33.2 Å². The highest BCUT2D eigenvalue weighted by atomic mass is 16.5. The van der Waals surface area contributed by atoms with Crippen molar-refractivity contribution in [1.82, 2.24) is 15.1 Å². The molecule has 0 aliphatic heterocycles. The van der Waals surface area contributed by atoms with Crippen molar-refractivity contribution in [3.8, 4) is 28.7 Å². The maximum absolute atomic E-state index is 5.76.